The Morgan fingerprint density at radius 1 is 1.29 bits per heavy atom. The lowest BCUT2D eigenvalue weighted by Crippen LogP contribution is -2.14. The molecule has 1 amide bonds. The van der Waals surface area contributed by atoms with Crippen molar-refractivity contribution >= 4 is 11.6 Å². The molecule has 2 rings (SSSR count). The van der Waals surface area contributed by atoms with Crippen LogP contribution in [0.5, 0.6) is 5.88 Å². The van der Waals surface area contributed by atoms with Gasteiger partial charge in [-0.3, -0.25) is 4.79 Å². The third-order valence-corrected chi connectivity index (χ3v) is 2.80. The van der Waals surface area contributed by atoms with Crippen LogP contribution in [0, 0.1) is 12.7 Å². The summed E-state index contributed by atoms with van der Waals surface area (Å²) >= 11 is 0. The summed E-state index contributed by atoms with van der Waals surface area (Å²) in [5.74, 6) is -0.273. The van der Waals surface area contributed by atoms with E-state index in [0.29, 0.717) is 17.1 Å². The van der Waals surface area contributed by atoms with Crippen LogP contribution in [0.2, 0.25) is 0 Å². The predicted molar refractivity (Wildman–Crippen MR) is 79.1 cm³/mol. The van der Waals surface area contributed by atoms with Gasteiger partial charge in [0.05, 0.1) is 11.7 Å². The summed E-state index contributed by atoms with van der Waals surface area (Å²) in [4.78, 5) is 16.2. The van der Waals surface area contributed by atoms with E-state index in [1.165, 1.54) is 18.3 Å². The van der Waals surface area contributed by atoms with E-state index in [1.54, 1.807) is 25.1 Å². The monoisotopic (exact) mass is 288 g/mol. The highest BCUT2D eigenvalue weighted by Gasteiger charge is 2.09. The summed E-state index contributed by atoms with van der Waals surface area (Å²) in [5.41, 5.74) is 1.62. The number of hydrogen-bond donors (Lipinski definition) is 1. The van der Waals surface area contributed by atoms with Crippen LogP contribution in [0.4, 0.5) is 10.1 Å². The number of halogens is 1. The molecular formula is C16H17FN2O2. The molecular weight excluding hydrogens is 271 g/mol. The average molecular weight is 288 g/mol. The molecule has 0 aliphatic carbocycles. The fourth-order valence-electron chi connectivity index (χ4n) is 1.75. The van der Waals surface area contributed by atoms with Crippen molar-refractivity contribution in [2.24, 2.45) is 0 Å². The van der Waals surface area contributed by atoms with Gasteiger partial charge in [0.1, 0.15) is 5.82 Å². The second-order valence-electron chi connectivity index (χ2n) is 4.97. The average Bonchev–Trinajstić information content (AvgIpc) is 2.43. The Labute approximate surface area is 123 Å². The minimum absolute atomic E-state index is 0.0205. The largest absolute Gasteiger partial charge is 0.475 e. The first-order valence-corrected chi connectivity index (χ1v) is 6.66. The molecule has 0 saturated carbocycles. The molecule has 0 saturated heterocycles. The van der Waals surface area contributed by atoms with Gasteiger partial charge in [-0.1, -0.05) is 6.07 Å². The third-order valence-electron chi connectivity index (χ3n) is 2.80. The number of amides is 1. The first-order chi connectivity index (χ1) is 9.95. The maximum atomic E-state index is 13.2. The van der Waals surface area contributed by atoms with Crippen molar-refractivity contribution in [3.05, 3.63) is 53.5 Å². The molecule has 4 nitrogen and oxygen atoms in total. The van der Waals surface area contributed by atoms with Gasteiger partial charge >= 0.3 is 0 Å². The van der Waals surface area contributed by atoms with Gasteiger partial charge in [-0.2, -0.15) is 0 Å². The van der Waals surface area contributed by atoms with E-state index in [1.807, 2.05) is 13.8 Å². The summed E-state index contributed by atoms with van der Waals surface area (Å²) in [6, 6.07) is 7.51. The molecule has 2 aromatic rings. The second-order valence-corrected chi connectivity index (χ2v) is 4.97. The molecule has 0 unspecified atom stereocenters. The summed E-state index contributed by atoms with van der Waals surface area (Å²) in [6.45, 7) is 5.59. The molecule has 0 atom stereocenters. The highest BCUT2D eigenvalue weighted by Crippen LogP contribution is 2.17. The third kappa shape index (κ3) is 4.02. The standard InChI is InChI=1S/C16H17FN2O2/c1-10(2)21-15-7-5-12(9-18-15)16(20)19-14-8-13(17)6-4-11(14)3/h4-10H,1-3H3,(H,19,20). The number of hydrogen-bond acceptors (Lipinski definition) is 3. The number of pyridine rings is 1. The zero-order valence-electron chi connectivity index (χ0n) is 12.2. The Kier molecular flexibility index (Phi) is 4.52. The summed E-state index contributed by atoms with van der Waals surface area (Å²) in [5, 5.41) is 2.67. The molecule has 0 aliphatic rings. The molecule has 0 fully saturated rings. The van der Waals surface area contributed by atoms with Crippen LogP contribution in [-0.4, -0.2) is 17.0 Å². The Hall–Kier alpha value is -2.43. The predicted octanol–water partition coefficient (Wildman–Crippen LogP) is 3.57. The lowest BCUT2D eigenvalue weighted by molar-refractivity contribution is 0.102. The fourth-order valence-corrected chi connectivity index (χ4v) is 1.75. The van der Waals surface area contributed by atoms with Crippen molar-refractivity contribution in [3.63, 3.8) is 0 Å². The van der Waals surface area contributed by atoms with Crippen molar-refractivity contribution in [2.45, 2.75) is 26.9 Å². The minimum Gasteiger partial charge on any atom is -0.475 e. The molecule has 1 heterocycles. The van der Waals surface area contributed by atoms with Crippen LogP contribution >= 0.6 is 0 Å². The quantitative estimate of drug-likeness (QED) is 0.935. The van der Waals surface area contributed by atoms with Gasteiger partial charge in [-0.25, -0.2) is 9.37 Å². The first-order valence-electron chi connectivity index (χ1n) is 6.66. The lowest BCUT2D eigenvalue weighted by Gasteiger charge is -2.10. The van der Waals surface area contributed by atoms with Gasteiger partial charge in [0.15, 0.2) is 0 Å². The van der Waals surface area contributed by atoms with E-state index < -0.39 is 5.82 Å². The van der Waals surface area contributed by atoms with E-state index in [2.05, 4.69) is 10.3 Å². The topological polar surface area (TPSA) is 51.2 Å². The van der Waals surface area contributed by atoms with Crippen molar-refractivity contribution in [3.8, 4) is 5.88 Å². The maximum Gasteiger partial charge on any atom is 0.257 e. The number of anilines is 1. The van der Waals surface area contributed by atoms with Gasteiger partial charge in [0.25, 0.3) is 5.91 Å². The van der Waals surface area contributed by atoms with Crippen LogP contribution in [-0.2, 0) is 0 Å². The highest BCUT2D eigenvalue weighted by atomic mass is 19.1. The number of benzene rings is 1. The number of rotatable bonds is 4. The van der Waals surface area contributed by atoms with Gasteiger partial charge < -0.3 is 10.1 Å². The Balaban J connectivity index is 2.11. The van der Waals surface area contributed by atoms with E-state index in [-0.39, 0.29) is 12.0 Å². The second kappa shape index (κ2) is 6.35. The zero-order valence-corrected chi connectivity index (χ0v) is 12.2. The van der Waals surface area contributed by atoms with Crippen LogP contribution in [0.3, 0.4) is 0 Å². The molecule has 5 heteroatoms. The van der Waals surface area contributed by atoms with E-state index >= 15 is 0 Å². The molecule has 110 valence electrons. The van der Waals surface area contributed by atoms with E-state index in [4.69, 9.17) is 4.74 Å². The van der Waals surface area contributed by atoms with Gasteiger partial charge in [0, 0.05) is 18.0 Å². The number of nitrogens with one attached hydrogen (secondary N) is 1. The van der Waals surface area contributed by atoms with Crippen LogP contribution < -0.4 is 10.1 Å². The number of ether oxygens (including phenoxy) is 1. The highest BCUT2D eigenvalue weighted by molar-refractivity contribution is 6.04. The molecule has 0 bridgehead atoms. The lowest BCUT2D eigenvalue weighted by atomic mass is 10.2. The molecule has 21 heavy (non-hydrogen) atoms. The van der Waals surface area contributed by atoms with Crippen LogP contribution in [0.25, 0.3) is 0 Å². The SMILES string of the molecule is Cc1ccc(F)cc1NC(=O)c1ccc(OC(C)C)nc1. The summed E-state index contributed by atoms with van der Waals surface area (Å²) in [7, 11) is 0. The van der Waals surface area contributed by atoms with Gasteiger partial charge in [-0.05, 0) is 44.5 Å². The Morgan fingerprint density at radius 2 is 2.05 bits per heavy atom. The normalized spacial score (nSPS) is 10.5. The first kappa shape index (κ1) is 15.0. The van der Waals surface area contributed by atoms with Crippen LogP contribution in [0.1, 0.15) is 29.8 Å². The van der Waals surface area contributed by atoms with Crippen molar-refractivity contribution in [1.29, 1.82) is 0 Å². The maximum absolute atomic E-state index is 13.2. The van der Waals surface area contributed by atoms with Crippen LogP contribution in [0.15, 0.2) is 36.5 Å². The van der Waals surface area contributed by atoms with E-state index in [0.717, 1.165) is 5.56 Å². The smallest absolute Gasteiger partial charge is 0.257 e. The molecule has 0 radical (unpaired) electrons. The number of carbonyl (C=O) groups excluding carboxylic acids is 1. The number of nitrogens with zero attached hydrogens (tertiary/aromatic N) is 1. The molecule has 1 aromatic heterocycles. The van der Waals surface area contributed by atoms with Crippen molar-refractivity contribution in [2.75, 3.05) is 5.32 Å². The molecule has 1 N–H and O–H groups in total. The summed E-state index contributed by atoms with van der Waals surface area (Å²) in [6.07, 6.45) is 1.45. The Bertz CT molecular complexity index is 639. The van der Waals surface area contributed by atoms with Crippen molar-refractivity contribution < 1.29 is 13.9 Å². The number of aryl methyl sites for hydroxylation is 1. The minimum atomic E-state index is -0.394. The fraction of sp³-hybridized carbons (Fsp3) is 0.250. The number of aromatic nitrogens is 1. The number of carbonyl (C=O) groups is 1. The van der Waals surface area contributed by atoms with Gasteiger partial charge in [0.2, 0.25) is 5.88 Å². The zero-order chi connectivity index (χ0) is 15.4. The van der Waals surface area contributed by atoms with Crippen molar-refractivity contribution in [1.82, 2.24) is 4.98 Å². The Morgan fingerprint density at radius 3 is 2.67 bits per heavy atom. The molecule has 0 aliphatic heterocycles. The molecule has 0 spiro atoms. The van der Waals surface area contributed by atoms with E-state index in [9.17, 15) is 9.18 Å². The molecule has 1 aromatic carbocycles. The van der Waals surface area contributed by atoms with Gasteiger partial charge in [-0.15, -0.1) is 0 Å². The summed E-state index contributed by atoms with van der Waals surface area (Å²) < 4.78 is 18.6.